The summed E-state index contributed by atoms with van der Waals surface area (Å²) in [6.07, 6.45) is -0.574. The second-order valence-electron chi connectivity index (χ2n) is 4.17. The molecule has 0 bridgehead atoms. The first kappa shape index (κ1) is 13.7. The highest BCUT2D eigenvalue weighted by Crippen LogP contribution is 2.35. The van der Waals surface area contributed by atoms with Crippen LogP contribution in [0.2, 0.25) is 0 Å². The van der Waals surface area contributed by atoms with Gasteiger partial charge in [-0.3, -0.25) is 4.79 Å². The molecule has 0 saturated carbocycles. The van der Waals surface area contributed by atoms with E-state index in [0.29, 0.717) is 0 Å². The molecule has 0 aromatic rings. The lowest BCUT2D eigenvalue weighted by Crippen LogP contribution is -2.41. The maximum Gasteiger partial charge on any atom is 0.509 e. The van der Waals surface area contributed by atoms with Crippen molar-refractivity contribution >= 4 is 12.1 Å². The first-order valence-electron chi connectivity index (χ1n) is 4.59. The van der Waals surface area contributed by atoms with Gasteiger partial charge in [-0.15, -0.1) is 0 Å². The molecule has 0 radical (unpaired) electrons. The average Bonchev–Trinajstić information content (AvgIpc) is 2.19. The van der Waals surface area contributed by atoms with Crippen molar-refractivity contribution in [3.05, 3.63) is 0 Å². The molecule has 5 heteroatoms. The summed E-state index contributed by atoms with van der Waals surface area (Å²) in [4.78, 5) is 20.2. The van der Waals surface area contributed by atoms with E-state index in [9.17, 15) is 9.59 Å². The second-order valence-corrected chi connectivity index (χ2v) is 4.17. The zero-order valence-corrected chi connectivity index (χ0v) is 10.0. The van der Waals surface area contributed by atoms with Crippen LogP contribution in [-0.2, 0) is 19.0 Å². The molecule has 0 spiro atoms. The van der Waals surface area contributed by atoms with Gasteiger partial charge >= 0.3 is 12.1 Å². The molecule has 0 unspecified atom stereocenters. The molecular weight excluding hydrogens is 200 g/mol. The van der Waals surface area contributed by atoms with Crippen LogP contribution in [0.15, 0.2) is 0 Å². The number of carbonyl (C=O) groups is 2. The number of methoxy groups -OCH3 is 1. The van der Waals surface area contributed by atoms with Crippen molar-refractivity contribution in [2.75, 3.05) is 7.11 Å². The Morgan fingerprint density at radius 2 is 1.40 bits per heavy atom. The van der Waals surface area contributed by atoms with E-state index < -0.39 is 17.4 Å². The molecule has 0 amide bonds. The Bertz CT molecular complexity index is 237. The standard InChI is InChI=1S/C7H12O3.C3H6O2/c1-6(2)7(3,4)10-5(8)9-6;1-3(4)5-2/h1-4H3;1-2H3. The Morgan fingerprint density at radius 1 is 1.13 bits per heavy atom. The zero-order chi connectivity index (χ0) is 12.3. The quantitative estimate of drug-likeness (QED) is 0.581. The Labute approximate surface area is 89.7 Å². The molecule has 0 aromatic heterocycles. The van der Waals surface area contributed by atoms with E-state index in [0.717, 1.165) is 0 Å². The number of cyclic esters (lactones) is 2. The van der Waals surface area contributed by atoms with Crippen molar-refractivity contribution in [1.29, 1.82) is 0 Å². The number of hydrogen-bond donors (Lipinski definition) is 0. The molecule has 15 heavy (non-hydrogen) atoms. The first-order valence-corrected chi connectivity index (χ1v) is 4.59. The predicted molar refractivity (Wildman–Crippen MR) is 53.4 cm³/mol. The Hall–Kier alpha value is -1.26. The maximum atomic E-state index is 10.6. The normalized spacial score (nSPS) is 20.5. The monoisotopic (exact) mass is 218 g/mol. The van der Waals surface area contributed by atoms with Gasteiger partial charge in [0.15, 0.2) is 0 Å². The minimum absolute atomic E-state index is 0.245. The van der Waals surface area contributed by atoms with E-state index >= 15 is 0 Å². The van der Waals surface area contributed by atoms with Crippen molar-refractivity contribution < 1.29 is 23.8 Å². The lowest BCUT2D eigenvalue weighted by molar-refractivity contribution is -0.137. The summed E-state index contributed by atoms with van der Waals surface area (Å²) < 4.78 is 13.9. The smallest absolute Gasteiger partial charge is 0.469 e. The largest absolute Gasteiger partial charge is 0.509 e. The summed E-state index contributed by atoms with van der Waals surface area (Å²) in [7, 11) is 1.35. The summed E-state index contributed by atoms with van der Waals surface area (Å²) in [6.45, 7) is 8.69. The van der Waals surface area contributed by atoms with Gasteiger partial charge < -0.3 is 14.2 Å². The van der Waals surface area contributed by atoms with E-state index in [1.54, 1.807) is 0 Å². The molecule has 88 valence electrons. The summed E-state index contributed by atoms with van der Waals surface area (Å²) in [5.74, 6) is -0.245. The van der Waals surface area contributed by atoms with Crippen molar-refractivity contribution in [3.8, 4) is 0 Å². The second kappa shape index (κ2) is 4.51. The summed E-state index contributed by atoms with van der Waals surface area (Å²) >= 11 is 0. The summed E-state index contributed by atoms with van der Waals surface area (Å²) in [5.41, 5.74) is -1.02. The zero-order valence-electron chi connectivity index (χ0n) is 10.0. The van der Waals surface area contributed by atoms with E-state index in [-0.39, 0.29) is 5.97 Å². The number of rotatable bonds is 0. The molecule has 1 rings (SSSR count). The van der Waals surface area contributed by atoms with Crippen LogP contribution in [0.3, 0.4) is 0 Å². The van der Waals surface area contributed by atoms with Gasteiger partial charge in [0.2, 0.25) is 0 Å². The molecule has 1 aliphatic rings. The summed E-state index contributed by atoms with van der Waals surface area (Å²) in [6, 6.07) is 0. The van der Waals surface area contributed by atoms with Crippen molar-refractivity contribution in [2.45, 2.75) is 45.8 Å². The molecular formula is C10H18O5. The third kappa shape index (κ3) is 3.77. The van der Waals surface area contributed by atoms with Crippen LogP contribution in [0.5, 0.6) is 0 Å². The average molecular weight is 218 g/mol. The fourth-order valence-electron chi connectivity index (χ4n) is 0.683. The molecule has 0 aliphatic carbocycles. The Kier molecular flexibility index (Phi) is 4.13. The molecule has 5 nitrogen and oxygen atoms in total. The highest BCUT2D eigenvalue weighted by atomic mass is 16.8. The topological polar surface area (TPSA) is 61.8 Å². The first-order chi connectivity index (χ1) is 6.62. The third-order valence-corrected chi connectivity index (χ3v) is 2.41. The number of ether oxygens (including phenoxy) is 3. The van der Waals surface area contributed by atoms with E-state index in [1.165, 1.54) is 14.0 Å². The molecule has 1 aliphatic heterocycles. The number of esters is 1. The molecule has 1 fully saturated rings. The molecule has 0 atom stereocenters. The van der Waals surface area contributed by atoms with Gasteiger partial charge in [0, 0.05) is 6.92 Å². The lowest BCUT2D eigenvalue weighted by Gasteiger charge is -2.28. The fourth-order valence-corrected chi connectivity index (χ4v) is 0.683. The predicted octanol–water partition coefficient (Wildman–Crippen LogP) is 1.89. The van der Waals surface area contributed by atoms with Crippen LogP contribution in [0.4, 0.5) is 4.79 Å². The highest BCUT2D eigenvalue weighted by Gasteiger charge is 2.50. The SMILES string of the molecule is CC1(C)OC(=O)OC1(C)C.COC(C)=O. The van der Waals surface area contributed by atoms with Gasteiger partial charge in [-0.2, -0.15) is 0 Å². The van der Waals surface area contributed by atoms with Gasteiger partial charge in [-0.25, -0.2) is 4.79 Å². The van der Waals surface area contributed by atoms with Gasteiger partial charge in [-0.1, -0.05) is 0 Å². The lowest BCUT2D eigenvalue weighted by atomic mass is 9.90. The van der Waals surface area contributed by atoms with Crippen LogP contribution in [0.1, 0.15) is 34.6 Å². The van der Waals surface area contributed by atoms with Crippen molar-refractivity contribution in [2.24, 2.45) is 0 Å². The minimum Gasteiger partial charge on any atom is -0.469 e. The highest BCUT2D eigenvalue weighted by molar-refractivity contribution is 5.65. The van der Waals surface area contributed by atoms with E-state index in [2.05, 4.69) is 4.74 Å². The molecule has 0 N–H and O–H groups in total. The Morgan fingerprint density at radius 3 is 1.47 bits per heavy atom. The van der Waals surface area contributed by atoms with E-state index in [4.69, 9.17) is 9.47 Å². The van der Waals surface area contributed by atoms with E-state index in [1.807, 2.05) is 27.7 Å². The minimum atomic E-state index is -0.574. The van der Waals surface area contributed by atoms with Crippen LogP contribution in [0.25, 0.3) is 0 Å². The fraction of sp³-hybridized carbons (Fsp3) is 0.800. The van der Waals surface area contributed by atoms with Crippen molar-refractivity contribution in [3.63, 3.8) is 0 Å². The van der Waals surface area contributed by atoms with Crippen molar-refractivity contribution in [1.82, 2.24) is 0 Å². The van der Waals surface area contributed by atoms with Gasteiger partial charge in [0.1, 0.15) is 11.2 Å². The van der Waals surface area contributed by atoms with Gasteiger partial charge in [-0.05, 0) is 27.7 Å². The number of hydrogen-bond acceptors (Lipinski definition) is 5. The van der Waals surface area contributed by atoms with Crippen LogP contribution in [0, 0.1) is 0 Å². The molecule has 1 heterocycles. The maximum absolute atomic E-state index is 10.6. The van der Waals surface area contributed by atoms with Crippen LogP contribution < -0.4 is 0 Å². The van der Waals surface area contributed by atoms with Crippen LogP contribution >= 0.6 is 0 Å². The Balaban J connectivity index is 0.000000336. The van der Waals surface area contributed by atoms with Gasteiger partial charge in [0.05, 0.1) is 7.11 Å². The number of carbonyl (C=O) groups excluding carboxylic acids is 2. The van der Waals surface area contributed by atoms with Crippen LogP contribution in [-0.4, -0.2) is 30.4 Å². The molecule has 1 saturated heterocycles. The van der Waals surface area contributed by atoms with Gasteiger partial charge in [0.25, 0.3) is 0 Å². The molecule has 0 aromatic carbocycles. The third-order valence-electron chi connectivity index (χ3n) is 2.41. The summed E-state index contributed by atoms with van der Waals surface area (Å²) in [5, 5.41) is 0.